The number of rotatable bonds is 0. The van der Waals surface area contributed by atoms with Crippen molar-refractivity contribution < 1.29 is 0 Å². The van der Waals surface area contributed by atoms with Gasteiger partial charge in [-0.15, -0.1) is 0 Å². The lowest BCUT2D eigenvalue weighted by Gasteiger charge is -2.22. The molecule has 2 aromatic carbocycles. The molecule has 0 heterocycles. The standard InChI is InChI=1S/C21H26/c1-10-9-18-14(5)17(8)19-15(6)12(3)13(4)16(7)21(19)20(18)11(10)2/h9H2,1-8H3. The van der Waals surface area contributed by atoms with E-state index in [9.17, 15) is 0 Å². The van der Waals surface area contributed by atoms with E-state index < -0.39 is 0 Å². The zero-order valence-corrected chi connectivity index (χ0v) is 14.7. The van der Waals surface area contributed by atoms with E-state index in [-0.39, 0.29) is 0 Å². The average molecular weight is 278 g/mol. The summed E-state index contributed by atoms with van der Waals surface area (Å²) in [6, 6.07) is 0. The largest absolute Gasteiger partial charge is 0.0654 e. The van der Waals surface area contributed by atoms with Crippen LogP contribution in [0.3, 0.4) is 0 Å². The quantitative estimate of drug-likeness (QED) is 0.551. The zero-order chi connectivity index (χ0) is 15.6. The van der Waals surface area contributed by atoms with Crippen molar-refractivity contribution in [1.82, 2.24) is 0 Å². The van der Waals surface area contributed by atoms with Gasteiger partial charge in [0.15, 0.2) is 0 Å². The van der Waals surface area contributed by atoms with Gasteiger partial charge in [0.2, 0.25) is 0 Å². The van der Waals surface area contributed by atoms with Crippen LogP contribution in [0.5, 0.6) is 0 Å². The second-order valence-corrected chi connectivity index (χ2v) is 6.94. The normalized spacial score (nSPS) is 14.3. The second kappa shape index (κ2) is 4.47. The van der Waals surface area contributed by atoms with Crippen LogP contribution in [0.25, 0.3) is 16.3 Å². The van der Waals surface area contributed by atoms with Crippen LogP contribution in [0, 0.1) is 41.5 Å². The maximum atomic E-state index is 2.31. The maximum Gasteiger partial charge on any atom is -0.00549 e. The molecule has 0 fully saturated rings. The molecule has 0 spiro atoms. The van der Waals surface area contributed by atoms with Crippen LogP contribution in [-0.2, 0) is 6.42 Å². The van der Waals surface area contributed by atoms with E-state index in [1.54, 1.807) is 5.56 Å². The summed E-state index contributed by atoms with van der Waals surface area (Å²) in [5.74, 6) is 0. The van der Waals surface area contributed by atoms with Crippen molar-refractivity contribution in [1.29, 1.82) is 0 Å². The molecule has 2 aromatic rings. The van der Waals surface area contributed by atoms with Gasteiger partial charge in [0, 0.05) is 0 Å². The van der Waals surface area contributed by atoms with E-state index in [4.69, 9.17) is 0 Å². The van der Waals surface area contributed by atoms with Crippen molar-refractivity contribution in [2.45, 2.75) is 61.8 Å². The fourth-order valence-electron chi connectivity index (χ4n) is 4.09. The molecule has 0 heteroatoms. The highest BCUT2D eigenvalue weighted by Crippen LogP contribution is 2.44. The van der Waals surface area contributed by atoms with Gasteiger partial charge in [-0.25, -0.2) is 0 Å². The highest BCUT2D eigenvalue weighted by atomic mass is 14.3. The van der Waals surface area contributed by atoms with E-state index in [1.165, 1.54) is 60.9 Å². The molecule has 0 amide bonds. The Bertz CT molecular complexity index is 830. The fraction of sp³-hybridized carbons (Fsp3) is 0.429. The van der Waals surface area contributed by atoms with E-state index in [0.29, 0.717) is 0 Å². The van der Waals surface area contributed by atoms with Crippen molar-refractivity contribution in [3.8, 4) is 0 Å². The van der Waals surface area contributed by atoms with Gasteiger partial charge in [0.25, 0.3) is 0 Å². The maximum absolute atomic E-state index is 2.31. The first-order chi connectivity index (χ1) is 9.77. The fourth-order valence-corrected chi connectivity index (χ4v) is 4.09. The van der Waals surface area contributed by atoms with Gasteiger partial charge < -0.3 is 0 Å². The Hall–Kier alpha value is -1.56. The Balaban J connectivity index is 2.67. The summed E-state index contributed by atoms with van der Waals surface area (Å²) in [7, 11) is 0. The summed E-state index contributed by atoms with van der Waals surface area (Å²) in [6.07, 6.45) is 1.13. The third kappa shape index (κ3) is 1.68. The number of hydrogen-bond acceptors (Lipinski definition) is 0. The number of allylic oxidation sites excluding steroid dienone is 2. The number of benzene rings is 2. The lowest BCUT2D eigenvalue weighted by molar-refractivity contribution is 1.14. The molecular weight excluding hydrogens is 252 g/mol. The van der Waals surface area contributed by atoms with Crippen LogP contribution >= 0.6 is 0 Å². The lowest BCUT2D eigenvalue weighted by Crippen LogP contribution is -2.02. The molecule has 0 saturated carbocycles. The van der Waals surface area contributed by atoms with Crippen molar-refractivity contribution in [2.24, 2.45) is 0 Å². The van der Waals surface area contributed by atoms with E-state index in [2.05, 4.69) is 55.4 Å². The Labute approximate surface area is 128 Å². The van der Waals surface area contributed by atoms with E-state index >= 15 is 0 Å². The summed E-state index contributed by atoms with van der Waals surface area (Å²) >= 11 is 0. The van der Waals surface area contributed by atoms with Gasteiger partial charge in [-0.2, -0.15) is 0 Å². The Morgan fingerprint density at radius 1 is 0.524 bits per heavy atom. The summed E-state index contributed by atoms with van der Waals surface area (Å²) < 4.78 is 0. The van der Waals surface area contributed by atoms with Crippen LogP contribution in [0.1, 0.15) is 58.4 Å². The Morgan fingerprint density at radius 3 is 1.57 bits per heavy atom. The molecule has 1 aliphatic carbocycles. The van der Waals surface area contributed by atoms with Crippen LogP contribution < -0.4 is 0 Å². The predicted molar refractivity (Wildman–Crippen MR) is 94.3 cm³/mol. The summed E-state index contributed by atoms with van der Waals surface area (Å²) in [4.78, 5) is 0. The second-order valence-electron chi connectivity index (χ2n) is 6.94. The van der Waals surface area contributed by atoms with E-state index in [0.717, 1.165) is 6.42 Å². The van der Waals surface area contributed by atoms with Crippen molar-refractivity contribution in [3.05, 3.63) is 50.1 Å². The third-order valence-corrected chi connectivity index (χ3v) is 6.09. The first-order valence-corrected chi connectivity index (χ1v) is 7.96. The molecule has 0 bridgehead atoms. The lowest BCUT2D eigenvalue weighted by atomic mass is 9.82. The van der Waals surface area contributed by atoms with Gasteiger partial charge >= 0.3 is 0 Å². The first kappa shape index (κ1) is 14.4. The van der Waals surface area contributed by atoms with Gasteiger partial charge in [-0.3, -0.25) is 0 Å². The molecule has 0 atom stereocenters. The topological polar surface area (TPSA) is 0 Å². The van der Waals surface area contributed by atoms with Gasteiger partial charge in [0.05, 0.1) is 0 Å². The molecule has 0 aliphatic heterocycles. The minimum atomic E-state index is 1.13. The number of fused-ring (bicyclic) bond motifs is 3. The molecule has 3 rings (SSSR count). The smallest absolute Gasteiger partial charge is 0.00549 e. The third-order valence-electron chi connectivity index (χ3n) is 6.09. The molecule has 0 radical (unpaired) electrons. The predicted octanol–water partition coefficient (Wildman–Crippen LogP) is 6.04. The molecule has 110 valence electrons. The Morgan fingerprint density at radius 2 is 1.00 bits per heavy atom. The molecule has 0 aromatic heterocycles. The van der Waals surface area contributed by atoms with Crippen LogP contribution in [-0.4, -0.2) is 0 Å². The minimum absolute atomic E-state index is 1.13. The van der Waals surface area contributed by atoms with E-state index in [1.807, 2.05) is 0 Å². The monoisotopic (exact) mass is 278 g/mol. The van der Waals surface area contributed by atoms with Crippen LogP contribution in [0.15, 0.2) is 5.57 Å². The molecule has 1 aliphatic rings. The highest BCUT2D eigenvalue weighted by molar-refractivity contribution is 6.04. The van der Waals surface area contributed by atoms with Crippen LogP contribution in [0.2, 0.25) is 0 Å². The van der Waals surface area contributed by atoms with Crippen LogP contribution in [0.4, 0.5) is 0 Å². The number of hydrogen-bond donors (Lipinski definition) is 0. The molecular formula is C21H26. The van der Waals surface area contributed by atoms with Crippen molar-refractivity contribution in [2.75, 3.05) is 0 Å². The molecule has 0 nitrogen and oxygen atoms in total. The van der Waals surface area contributed by atoms with Gasteiger partial charge in [0.1, 0.15) is 0 Å². The molecule has 0 N–H and O–H groups in total. The highest BCUT2D eigenvalue weighted by Gasteiger charge is 2.25. The summed E-state index contributed by atoms with van der Waals surface area (Å²) in [6.45, 7) is 18.4. The number of aryl methyl sites for hydroxylation is 3. The van der Waals surface area contributed by atoms with Gasteiger partial charge in [-0.1, -0.05) is 5.57 Å². The Kier molecular flexibility index (Phi) is 3.06. The van der Waals surface area contributed by atoms with Crippen molar-refractivity contribution in [3.63, 3.8) is 0 Å². The zero-order valence-electron chi connectivity index (χ0n) is 14.7. The van der Waals surface area contributed by atoms with Gasteiger partial charge in [-0.05, 0) is 123 Å². The summed E-state index contributed by atoms with van der Waals surface area (Å²) in [5, 5.41) is 3.02. The molecule has 0 unspecified atom stereocenters. The molecule has 21 heavy (non-hydrogen) atoms. The van der Waals surface area contributed by atoms with Crippen molar-refractivity contribution >= 4 is 16.3 Å². The average Bonchev–Trinajstić information content (AvgIpc) is 2.74. The summed E-state index contributed by atoms with van der Waals surface area (Å²) in [5.41, 5.74) is 15.0. The first-order valence-electron chi connectivity index (χ1n) is 7.96. The minimum Gasteiger partial charge on any atom is -0.0654 e. The molecule has 0 saturated heterocycles. The SMILES string of the molecule is CC1=C(C)c2c(c(C)c(C)c3c(C)c(C)c(C)c(C)c23)C1.